The maximum atomic E-state index is 10.2. The van der Waals surface area contributed by atoms with Crippen molar-refractivity contribution in [1.82, 2.24) is 0 Å². The molecule has 14 heavy (non-hydrogen) atoms. The van der Waals surface area contributed by atoms with Crippen molar-refractivity contribution in [1.29, 1.82) is 5.26 Å². The number of carbonyl (C=O) groups excluding carboxylic acids is 1. The van der Waals surface area contributed by atoms with Gasteiger partial charge in [-0.05, 0) is 31.0 Å². The molecule has 1 rings (SSSR count). The van der Waals surface area contributed by atoms with E-state index in [-0.39, 0.29) is 5.75 Å². The fourth-order valence-electron chi connectivity index (χ4n) is 1.09. The molecule has 70 valence electrons. The highest BCUT2D eigenvalue weighted by Crippen LogP contribution is 2.32. The number of hydrogen-bond donors (Lipinski definition) is 0. The Balaban J connectivity index is 3.38. The summed E-state index contributed by atoms with van der Waals surface area (Å²) in [4.78, 5) is 13.7. The molecule has 0 N–H and O–H groups in total. The fourth-order valence-corrected chi connectivity index (χ4v) is 1.09. The van der Waals surface area contributed by atoms with Gasteiger partial charge in [0.15, 0.2) is 5.75 Å². The van der Waals surface area contributed by atoms with Crippen LogP contribution in [0.1, 0.15) is 11.1 Å². The van der Waals surface area contributed by atoms with Crippen LogP contribution in [0.2, 0.25) is 0 Å². The van der Waals surface area contributed by atoms with Crippen molar-refractivity contribution >= 4 is 11.8 Å². The van der Waals surface area contributed by atoms with E-state index in [0.717, 1.165) is 11.1 Å². The first kappa shape index (κ1) is 9.97. The second kappa shape index (κ2) is 4.22. The molecular weight excluding hydrogens is 180 g/mol. The highest BCUT2D eigenvalue weighted by atomic mass is 16.5. The van der Waals surface area contributed by atoms with Gasteiger partial charge in [-0.15, -0.1) is 5.26 Å². The van der Waals surface area contributed by atoms with Crippen LogP contribution in [0.5, 0.6) is 5.75 Å². The minimum atomic E-state index is 0.277. The van der Waals surface area contributed by atoms with Crippen LogP contribution in [0.4, 0.5) is 5.69 Å². The van der Waals surface area contributed by atoms with Gasteiger partial charge in [0.1, 0.15) is 5.69 Å². The van der Waals surface area contributed by atoms with E-state index >= 15 is 0 Å². The molecule has 0 bridgehead atoms. The number of isocyanates is 1. The Bertz CT molecular complexity index is 440. The third kappa shape index (κ3) is 1.79. The second-order valence-corrected chi connectivity index (χ2v) is 2.75. The lowest BCUT2D eigenvalue weighted by Crippen LogP contribution is -1.88. The summed E-state index contributed by atoms with van der Waals surface area (Å²) in [5.41, 5.74) is 2.15. The van der Waals surface area contributed by atoms with E-state index in [4.69, 9.17) is 5.26 Å². The molecule has 0 radical (unpaired) electrons. The largest absolute Gasteiger partial charge is 0.386 e. The van der Waals surface area contributed by atoms with Gasteiger partial charge in [-0.2, -0.15) is 4.99 Å². The lowest BCUT2D eigenvalue weighted by atomic mass is 10.1. The SMILES string of the molecule is Cc1ccc(OC#N)c(N=C=O)c1C. The first-order valence-corrected chi connectivity index (χ1v) is 3.94. The van der Waals surface area contributed by atoms with Crippen molar-refractivity contribution in [3.63, 3.8) is 0 Å². The van der Waals surface area contributed by atoms with Gasteiger partial charge in [-0.1, -0.05) is 6.07 Å². The third-order valence-electron chi connectivity index (χ3n) is 1.98. The van der Waals surface area contributed by atoms with E-state index in [2.05, 4.69) is 9.73 Å². The lowest BCUT2D eigenvalue weighted by Gasteiger charge is -2.05. The Kier molecular flexibility index (Phi) is 3.01. The van der Waals surface area contributed by atoms with Crippen molar-refractivity contribution < 1.29 is 9.53 Å². The van der Waals surface area contributed by atoms with Crippen molar-refractivity contribution in [3.05, 3.63) is 23.3 Å². The number of ether oxygens (including phenoxy) is 1. The van der Waals surface area contributed by atoms with Crippen molar-refractivity contribution in [2.24, 2.45) is 4.99 Å². The molecule has 0 heterocycles. The molecule has 0 atom stereocenters. The van der Waals surface area contributed by atoms with Crippen LogP contribution in [0.15, 0.2) is 17.1 Å². The fraction of sp³-hybridized carbons (Fsp3) is 0.200. The summed E-state index contributed by atoms with van der Waals surface area (Å²) < 4.78 is 4.66. The molecule has 0 spiro atoms. The van der Waals surface area contributed by atoms with E-state index in [0.29, 0.717) is 5.69 Å². The molecule has 0 aromatic heterocycles. The summed E-state index contributed by atoms with van der Waals surface area (Å²) in [5.74, 6) is 0.277. The van der Waals surface area contributed by atoms with Crippen molar-refractivity contribution in [2.75, 3.05) is 0 Å². The van der Waals surface area contributed by atoms with E-state index in [1.807, 2.05) is 6.92 Å². The third-order valence-corrected chi connectivity index (χ3v) is 1.98. The molecule has 1 aromatic rings. The number of rotatable bonds is 2. The average molecular weight is 188 g/mol. The van der Waals surface area contributed by atoms with Crippen LogP contribution in [0.3, 0.4) is 0 Å². The Morgan fingerprint density at radius 1 is 1.43 bits per heavy atom. The zero-order valence-corrected chi connectivity index (χ0v) is 7.87. The molecule has 0 saturated carbocycles. The zero-order valence-electron chi connectivity index (χ0n) is 7.87. The second-order valence-electron chi connectivity index (χ2n) is 2.75. The van der Waals surface area contributed by atoms with Gasteiger partial charge in [0.2, 0.25) is 6.08 Å². The number of nitriles is 1. The summed E-state index contributed by atoms with van der Waals surface area (Å²) in [6, 6.07) is 3.40. The highest BCUT2D eigenvalue weighted by Gasteiger charge is 2.08. The van der Waals surface area contributed by atoms with Crippen LogP contribution >= 0.6 is 0 Å². The zero-order chi connectivity index (χ0) is 10.6. The molecule has 4 nitrogen and oxygen atoms in total. The normalized spacial score (nSPS) is 8.64. The topological polar surface area (TPSA) is 62.4 Å². The Morgan fingerprint density at radius 3 is 2.71 bits per heavy atom. The number of hydrogen-bond acceptors (Lipinski definition) is 4. The summed E-state index contributed by atoms with van der Waals surface area (Å²) >= 11 is 0. The van der Waals surface area contributed by atoms with Crippen LogP contribution in [0.25, 0.3) is 0 Å². The minimum absolute atomic E-state index is 0.277. The molecule has 0 unspecified atom stereocenters. The first-order valence-electron chi connectivity index (χ1n) is 3.94. The number of nitrogens with zero attached hydrogens (tertiary/aromatic N) is 2. The Labute approximate surface area is 81.5 Å². The molecule has 0 fully saturated rings. The van der Waals surface area contributed by atoms with Gasteiger partial charge >= 0.3 is 0 Å². The number of aryl methyl sites for hydroxylation is 1. The van der Waals surface area contributed by atoms with Crippen LogP contribution in [0, 0.1) is 25.4 Å². The predicted octanol–water partition coefficient (Wildman–Crippen LogP) is 2.13. The maximum absolute atomic E-state index is 10.2. The Hall–Kier alpha value is -2.11. The number of aliphatic imine (C=N–C) groups is 1. The van der Waals surface area contributed by atoms with Crippen LogP contribution < -0.4 is 4.74 Å². The monoisotopic (exact) mass is 188 g/mol. The van der Waals surface area contributed by atoms with Gasteiger partial charge in [-0.3, -0.25) is 0 Å². The molecule has 4 heteroatoms. The summed E-state index contributed by atoms with van der Waals surface area (Å²) in [6.45, 7) is 3.69. The van der Waals surface area contributed by atoms with Gasteiger partial charge < -0.3 is 4.74 Å². The van der Waals surface area contributed by atoms with Crippen LogP contribution in [-0.4, -0.2) is 6.08 Å². The smallest absolute Gasteiger partial charge is 0.292 e. The molecule has 0 aliphatic heterocycles. The molecule has 0 saturated heterocycles. The van der Waals surface area contributed by atoms with Gasteiger partial charge in [0.25, 0.3) is 6.26 Å². The van der Waals surface area contributed by atoms with E-state index in [1.54, 1.807) is 19.1 Å². The van der Waals surface area contributed by atoms with Gasteiger partial charge in [0, 0.05) is 0 Å². The van der Waals surface area contributed by atoms with Crippen molar-refractivity contribution in [3.8, 4) is 12.0 Å². The summed E-state index contributed by atoms with van der Waals surface area (Å²) in [6.07, 6.45) is 2.98. The first-order chi connectivity index (χ1) is 6.70. The standard InChI is InChI=1S/C10H8N2O2/c1-7-3-4-9(14-5-11)10(8(7)2)12-6-13/h3-4H,1-2H3. The minimum Gasteiger partial charge on any atom is -0.386 e. The summed E-state index contributed by atoms with van der Waals surface area (Å²) in [5, 5.41) is 8.36. The molecule has 0 aliphatic rings. The lowest BCUT2D eigenvalue weighted by molar-refractivity contribution is 0.507. The molecule has 0 amide bonds. The maximum Gasteiger partial charge on any atom is 0.292 e. The average Bonchev–Trinajstić information content (AvgIpc) is 2.18. The van der Waals surface area contributed by atoms with Crippen molar-refractivity contribution in [2.45, 2.75) is 13.8 Å². The van der Waals surface area contributed by atoms with E-state index in [9.17, 15) is 4.79 Å². The van der Waals surface area contributed by atoms with E-state index < -0.39 is 0 Å². The van der Waals surface area contributed by atoms with Gasteiger partial charge in [0.05, 0.1) is 0 Å². The molecule has 0 aliphatic carbocycles. The van der Waals surface area contributed by atoms with Gasteiger partial charge in [-0.25, -0.2) is 4.79 Å². The quantitative estimate of drug-likeness (QED) is 0.405. The number of benzene rings is 1. The van der Waals surface area contributed by atoms with E-state index in [1.165, 1.54) is 12.3 Å². The van der Waals surface area contributed by atoms with Crippen LogP contribution in [-0.2, 0) is 4.79 Å². The molecule has 1 aromatic carbocycles. The summed E-state index contributed by atoms with van der Waals surface area (Å²) in [7, 11) is 0. The molecular formula is C10H8N2O2. The predicted molar refractivity (Wildman–Crippen MR) is 49.9 cm³/mol. The highest BCUT2D eigenvalue weighted by molar-refractivity contribution is 5.64. The Morgan fingerprint density at radius 2 is 2.14 bits per heavy atom.